The van der Waals surface area contributed by atoms with Crippen LogP contribution in [0, 0.1) is 29.6 Å². The highest BCUT2D eigenvalue weighted by Gasteiger charge is 2.56. The van der Waals surface area contributed by atoms with Crippen molar-refractivity contribution >= 4 is 23.4 Å². The molecule has 4 N–H and O–H groups in total. The predicted octanol–water partition coefficient (Wildman–Crippen LogP) is 3.98. The van der Waals surface area contributed by atoms with E-state index in [0.29, 0.717) is 56.9 Å². The molecule has 1 saturated carbocycles. The van der Waals surface area contributed by atoms with Gasteiger partial charge < -0.3 is 44.3 Å². The molecule has 2 saturated heterocycles. The van der Waals surface area contributed by atoms with Gasteiger partial charge in [-0.15, -0.1) is 6.58 Å². The van der Waals surface area contributed by atoms with E-state index in [1.54, 1.807) is 26.8 Å². The molecule has 0 aromatic heterocycles. The maximum Gasteiger partial charge on any atom is 0.329 e. The highest BCUT2D eigenvalue weighted by molar-refractivity contribution is 6.39. The number of esters is 1. The fourth-order valence-electron chi connectivity index (χ4n) is 9.19. The van der Waals surface area contributed by atoms with Crippen molar-refractivity contribution in [3.05, 3.63) is 36.0 Å². The topological polar surface area (TPSA) is 189 Å². The number of nitrogens with zero attached hydrogens (tertiary/aromatic N) is 1. The Labute approximate surface area is 332 Å². The number of aliphatic hydroxyl groups is 4. The molecule has 14 atom stereocenters. The summed E-state index contributed by atoms with van der Waals surface area (Å²) in [5.74, 6) is -8.03. The Morgan fingerprint density at radius 2 is 1.62 bits per heavy atom. The minimum atomic E-state index is -2.52. The summed E-state index contributed by atoms with van der Waals surface area (Å²) < 4.78 is 24.1. The van der Waals surface area contributed by atoms with Gasteiger partial charge in [-0.1, -0.05) is 44.6 Å². The molecule has 4 rings (SSSR count). The van der Waals surface area contributed by atoms with Crippen molar-refractivity contribution in [3.8, 4) is 0 Å². The standard InChI is InChI=1S/C43H67NO12/c1-9-12-30-18-24(2)17-25(3)19-36(53-7)39-37(54-8)21-27(5)43(52,56-39)40(49)41(50)44-16-11-10-13-31(44)42(51)55-38(28(6)33(46)23-34(30)47)26(4)20-29-14-15-32(45)35(48)22-29/h9,18,20,25,27-33,35-39,45-46,48,52H,1,10-17,19,21-23H2,2-8H3/b24-18+,26-20+/t25-,27+,28+,29-,30+,31-,32+,33-,35+,36-,37-,38+,39?,43+/m0/s1. The first-order chi connectivity index (χ1) is 26.4. The molecule has 1 amide bonds. The molecule has 2 bridgehead atoms. The average molecular weight is 790 g/mol. The highest BCUT2D eigenvalue weighted by Crippen LogP contribution is 2.39. The number of amides is 1. The Bertz CT molecular complexity index is 1460. The second-order valence-corrected chi connectivity index (χ2v) is 17.1. The minimum absolute atomic E-state index is 0.00242. The second kappa shape index (κ2) is 20.3. The zero-order valence-corrected chi connectivity index (χ0v) is 34.4. The van der Waals surface area contributed by atoms with Gasteiger partial charge in [0.25, 0.3) is 11.7 Å². The third kappa shape index (κ3) is 10.8. The molecule has 1 aliphatic carbocycles. The van der Waals surface area contributed by atoms with E-state index in [4.69, 9.17) is 18.9 Å². The summed E-state index contributed by atoms with van der Waals surface area (Å²) in [5.41, 5.74) is 1.54. The Hall–Kier alpha value is -2.78. The number of fused-ring (bicyclic) bond motifs is 3. The second-order valence-electron chi connectivity index (χ2n) is 17.1. The Morgan fingerprint density at radius 3 is 2.27 bits per heavy atom. The number of aliphatic hydroxyl groups excluding tert-OH is 3. The van der Waals surface area contributed by atoms with Crippen molar-refractivity contribution in [3.63, 3.8) is 0 Å². The first-order valence-electron chi connectivity index (χ1n) is 20.5. The molecule has 0 aromatic carbocycles. The van der Waals surface area contributed by atoms with Crippen LogP contribution >= 0.6 is 0 Å². The quantitative estimate of drug-likeness (QED) is 0.172. The lowest BCUT2D eigenvalue weighted by atomic mass is 9.81. The van der Waals surface area contributed by atoms with E-state index in [-0.39, 0.29) is 43.4 Å². The van der Waals surface area contributed by atoms with Gasteiger partial charge in [0.05, 0.1) is 30.5 Å². The van der Waals surface area contributed by atoms with E-state index >= 15 is 0 Å². The van der Waals surface area contributed by atoms with Gasteiger partial charge in [0.2, 0.25) is 5.79 Å². The molecule has 0 aromatic rings. The average Bonchev–Trinajstić information content (AvgIpc) is 3.16. The summed E-state index contributed by atoms with van der Waals surface area (Å²) in [6, 6.07) is -1.16. The number of rotatable bonds is 6. The van der Waals surface area contributed by atoms with Gasteiger partial charge in [-0.25, -0.2) is 4.79 Å². The van der Waals surface area contributed by atoms with Crippen molar-refractivity contribution in [2.24, 2.45) is 29.6 Å². The summed E-state index contributed by atoms with van der Waals surface area (Å²) in [5, 5.41) is 44.1. The van der Waals surface area contributed by atoms with Crippen LogP contribution in [0.1, 0.15) is 105 Å². The highest BCUT2D eigenvalue weighted by atomic mass is 16.7. The van der Waals surface area contributed by atoms with E-state index in [1.807, 2.05) is 26.0 Å². The molecular weight excluding hydrogens is 722 g/mol. The zero-order chi connectivity index (χ0) is 41.5. The maximum absolute atomic E-state index is 14.2. The van der Waals surface area contributed by atoms with E-state index in [1.165, 1.54) is 14.2 Å². The number of carbonyl (C=O) groups excluding carboxylic acids is 4. The first-order valence-corrected chi connectivity index (χ1v) is 20.5. The van der Waals surface area contributed by atoms with E-state index in [9.17, 15) is 39.6 Å². The SMILES string of the molecule is C=CC[C@@H]1/C=C(\C)C[C@H](C)C[C@H](OC)C2O[C@@](O)(C(=O)C(=O)N3CCCC[C@H]3C(=O)O[C@H](/C(C)=C/[C@@H]3CC[C@@H](O)[C@H](O)C3)[C@H](C)[C@@H](O)CC1=O)[C@H](C)C[C@@H]2OC. The molecular formula is C43H67NO12. The largest absolute Gasteiger partial charge is 0.456 e. The smallest absolute Gasteiger partial charge is 0.329 e. The first kappa shape index (κ1) is 45.9. The molecule has 316 valence electrons. The monoisotopic (exact) mass is 789 g/mol. The number of hydrogen-bond donors (Lipinski definition) is 4. The lowest BCUT2D eigenvalue weighted by molar-refractivity contribution is -0.302. The van der Waals surface area contributed by atoms with Gasteiger partial charge in [-0.05, 0) is 95.5 Å². The number of carbonyl (C=O) groups is 4. The molecule has 13 heteroatoms. The number of piperidine rings is 1. The Morgan fingerprint density at radius 1 is 0.946 bits per heavy atom. The van der Waals surface area contributed by atoms with Crippen LogP contribution in [-0.2, 0) is 38.1 Å². The van der Waals surface area contributed by atoms with Crippen LogP contribution in [0.4, 0.5) is 0 Å². The predicted molar refractivity (Wildman–Crippen MR) is 208 cm³/mol. The van der Waals surface area contributed by atoms with Crippen LogP contribution in [-0.4, -0.2) is 124 Å². The van der Waals surface area contributed by atoms with Crippen molar-refractivity contribution in [1.82, 2.24) is 4.90 Å². The Balaban J connectivity index is 1.78. The number of Topliss-reactive ketones (excluding diaryl/α,β-unsaturated/α-hetero) is 2. The van der Waals surface area contributed by atoms with E-state index in [0.717, 1.165) is 10.5 Å². The Kier molecular flexibility index (Phi) is 16.6. The third-order valence-corrected chi connectivity index (χ3v) is 12.6. The number of methoxy groups -OCH3 is 2. The van der Waals surface area contributed by atoms with Crippen LogP contribution < -0.4 is 0 Å². The molecule has 0 spiro atoms. The molecule has 13 nitrogen and oxygen atoms in total. The molecule has 3 aliphatic heterocycles. The summed E-state index contributed by atoms with van der Waals surface area (Å²) in [6.45, 7) is 13.0. The molecule has 0 radical (unpaired) electrons. The zero-order valence-electron chi connectivity index (χ0n) is 34.4. The molecule has 3 heterocycles. The van der Waals surface area contributed by atoms with Crippen molar-refractivity contribution in [2.75, 3.05) is 20.8 Å². The lowest BCUT2D eigenvalue weighted by Crippen LogP contribution is -2.64. The van der Waals surface area contributed by atoms with E-state index < -0.39 is 90.0 Å². The van der Waals surface area contributed by atoms with Crippen LogP contribution in [0.2, 0.25) is 0 Å². The van der Waals surface area contributed by atoms with Gasteiger partial charge in [-0.2, -0.15) is 0 Å². The third-order valence-electron chi connectivity index (χ3n) is 12.6. The fraction of sp³-hybridized carbons (Fsp3) is 0.767. The molecule has 4 aliphatic rings. The van der Waals surface area contributed by atoms with Crippen LogP contribution in [0.3, 0.4) is 0 Å². The number of ketones is 2. The molecule has 56 heavy (non-hydrogen) atoms. The maximum atomic E-state index is 14.2. The summed E-state index contributed by atoms with van der Waals surface area (Å²) in [7, 11) is 3.04. The summed E-state index contributed by atoms with van der Waals surface area (Å²) in [4.78, 5) is 57.6. The van der Waals surface area contributed by atoms with Crippen molar-refractivity contribution in [2.45, 2.75) is 160 Å². The summed E-state index contributed by atoms with van der Waals surface area (Å²) in [6.07, 6.45) is 3.36. The van der Waals surface area contributed by atoms with Gasteiger partial charge in [-0.3, -0.25) is 14.4 Å². The molecule has 3 fully saturated rings. The summed E-state index contributed by atoms with van der Waals surface area (Å²) >= 11 is 0. The van der Waals surface area contributed by atoms with Crippen LogP contribution in [0.25, 0.3) is 0 Å². The van der Waals surface area contributed by atoms with Crippen molar-refractivity contribution < 1.29 is 58.6 Å². The van der Waals surface area contributed by atoms with Crippen LogP contribution in [0.5, 0.6) is 0 Å². The lowest BCUT2D eigenvalue weighted by Gasteiger charge is -2.47. The minimum Gasteiger partial charge on any atom is -0.456 e. The molecule has 1 unspecified atom stereocenters. The van der Waals surface area contributed by atoms with Gasteiger partial charge in [0, 0.05) is 44.9 Å². The number of allylic oxidation sites excluding steroid dienone is 4. The number of hydrogen-bond acceptors (Lipinski definition) is 12. The van der Waals surface area contributed by atoms with Crippen molar-refractivity contribution in [1.29, 1.82) is 0 Å². The van der Waals surface area contributed by atoms with Crippen LogP contribution in [0.15, 0.2) is 36.0 Å². The van der Waals surface area contributed by atoms with Gasteiger partial charge in [0.15, 0.2) is 0 Å². The number of cyclic esters (lactones) is 1. The normalized spacial score (nSPS) is 41.5. The fourth-order valence-corrected chi connectivity index (χ4v) is 9.19. The van der Waals surface area contributed by atoms with Gasteiger partial charge >= 0.3 is 5.97 Å². The number of ether oxygens (including phenoxy) is 4. The van der Waals surface area contributed by atoms with Gasteiger partial charge in [0.1, 0.15) is 24.0 Å². The van der Waals surface area contributed by atoms with E-state index in [2.05, 4.69) is 6.58 Å².